The molecule has 0 fully saturated rings. The van der Waals surface area contributed by atoms with E-state index in [2.05, 4.69) is 20.8 Å². The summed E-state index contributed by atoms with van der Waals surface area (Å²) in [5.74, 6) is -0.200. The average molecular weight is 234 g/mol. The van der Waals surface area contributed by atoms with Gasteiger partial charge >= 0.3 is 5.97 Å². The largest absolute Gasteiger partial charge is 0.456 e. The van der Waals surface area contributed by atoms with E-state index < -0.39 is 0 Å². The minimum absolute atomic E-state index is 0.200. The van der Waals surface area contributed by atoms with Gasteiger partial charge < -0.3 is 4.74 Å². The first kappa shape index (κ1) is 13.8. The molecule has 0 amide bonds. The summed E-state index contributed by atoms with van der Waals surface area (Å²) in [4.78, 5) is 12.1. The summed E-state index contributed by atoms with van der Waals surface area (Å²) in [6.07, 6.45) is 2.58. The number of esters is 1. The minimum Gasteiger partial charge on any atom is -0.456 e. The molecule has 1 aromatic carbocycles. The van der Waals surface area contributed by atoms with Gasteiger partial charge in [0.25, 0.3) is 0 Å². The number of hydrogen-bond acceptors (Lipinski definition) is 2. The molecule has 94 valence electrons. The van der Waals surface area contributed by atoms with Crippen LogP contribution in [0.1, 0.15) is 56.0 Å². The van der Waals surface area contributed by atoms with Crippen LogP contribution in [-0.4, -0.2) is 11.6 Å². The second-order valence-electron chi connectivity index (χ2n) is 4.45. The Kier molecular flexibility index (Phi) is 4.73. The molecular formula is C15H22O2. The Morgan fingerprint density at radius 3 is 2.12 bits per heavy atom. The van der Waals surface area contributed by atoms with Gasteiger partial charge in [-0.1, -0.05) is 39.0 Å². The Hall–Kier alpha value is -1.31. The van der Waals surface area contributed by atoms with Crippen LogP contribution in [-0.2, 0) is 4.74 Å². The fourth-order valence-corrected chi connectivity index (χ4v) is 2.02. The number of aryl methyl sites for hydroxylation is 1. The van der Waals surface area contributed by atoms with E-state index in [0.29, 0.717) is 5.56 Å². The number of hydrogen-bond donors (Lipinski definition) is 0. The van der Waals surface area contributed by atoms with Crippen LogP contribution in [0, 0.1) is 6.92 Å². The van der Waals surface area contributed by atoms with Crippen LogP contribution >= 0.6 is 0 Å². The molecule has 0 aromatic heterocycles. The highest BCUT2D eigenvalue weighted by atomic mass is 16.6. The van der Waals surface area contributed by atoms with E-state index in [0.717, 1.165) is 24.8 Å². The molecule has 0 aliphatic rings. The molecule has 0 aliphatic carbocycles. The van der Waals surface area contributed by atoms with Crippen LogP contribution in [0.25, 0.3) is 0 Å². The Bertz CT molecular complexity index is 370. The molecule has 0 atom stereocenters. The van der Waals surface area contributed by atoms with Crippen molar-refractivity contribution in [3.05, 3.63) is 35.4 Å². The summed E-state index contributed by atoms with van der Waals surface area (Å²) in [6, 6.07) is 7.56. The predicted octanol–water partition coefficient (Wildman–Crippen LogP) is 4.12. The maximum absolute atomic E-state index is 12.1. The van der Waals surface area contributed by atoms with E-state index >= 15 is 0 Å². The second kappa shape index (κ2) is 5.85. The lowest BCUT2D eigenvalue weighted by Crippen LogP contribution is -2.33. The lowest BCUT2D eigenvalue weighted by molar-refractivity contribution is -0.0249. The molecule has 0 saturated carbocycles. The molecular weight excluding hydrogens is 212 g/mol. The zero-order valence-corrected chi connectivity index (χ0v) is 11.2. The van der Waals surface area contributed by atoms with Crippen molar-refractivity contribution >= 4 is 5.97 Å². The summed E-state index contributed by atoms with van der Waals surface area (Å²) in [5.41, 5.74) is 1.33. The zero-order chi connectivity index (χ0) is 12.9. The van der Waals surface area contributed by atoms with Gasteiger partial charge in [0.1, 0.15) is 5.60 Å². The first-order valence-electron chi connectivity index (χ1n) is 6.37. The summed E-state index contributed by atoms with van der Waals surface area (Å²) in [5, 5.41) is 0. The van der Waals surface area contributed by atoms with Gasteiger partial charge in [-0.2, -0.15) is 0 Å². The number of benzene rings is 1. The number of carbonyl (C=O) groups excluding carboxylic acids is 1. The van der Waals surface area contributed by atoms with Crippen molar-refractivity contribution in [2.45, 2.75) is 52.6 Å². The molecule has 2 nitrogen and oxygen atoms in total. The van der Waals surface area contributed by atoms with E-state index in [9.17, 15) is 4.79 Å². The number of carbonyl (C=O) groups is 1. The van der Waals surface area contributed by atoms with E-state index in [4.69, 9.17) is 4.74 Å². The topological polar surface area (TPSA) is 26.3 Å². The first-order chi connectivity index (χ1) is 8.08. The third-order valence-electron chi connectivity index (χ3n) is 3.61. The normalized spacial score (nSPS) is 11.3. The molecule has 17 heavy (non-hydrogen) atoms. The lowest BCUT2D eigenvalue weighted by Gasteiger charge is -2.30. The quantitative estimate of drug-likeness (QED) is 0.716. The van der Waals surface area contributed by atoms with Crippen molar-refractivity contribution in [1.29, 1.82) is 0 Å². The smallest absolute Gasteiger partial charge is 0.338 e. The Morgan fingerprint density at radius 2 is 1.65 bits per heavy atom. The summed E-state index contributed by atoms with van der Waals surface area (Å²) >= 11 is 0. The van der Waals surface area contributed by atoms with Crippen molar-refractivity contribution in [3.63, 3.8) is 0 Å². The van der Waals surface area contributed by atoms with E-state index in [1.54, 1.807) is 0 Å². The van der Waals surface area contributed by atoms with Gasteiger partial charge in [0, 0.05) is 0 Å². The van der Waals surface area contributed by atoms with Crippen molar-refractivity contribution in [2.75, 3.05) is 0 Å². The molecule has 0 heterocycles. The monoisotopic (exact) mass is 234 g/mol. The zero-order valence-electron chi connectivity index (χ0n) is 11.2. The van der Waals surface area contributed by atoms with E-state index in [1.165, 1.54) is 0 Å². The lowest BCUT2D eigenvalue weighted by atomic mass is 9.94. The molecule has 0 saturated heterocycles. The SMILES string of the molecule is CCC(CC)(CC)OC(=O)c1ccccc1C. The molecule has 0 aliphatic heterocycles. The van der Waals surface area contributed by atoms with Crippen molar-refractivity contribution in [2.24, 2.45) is 0 Å². The van der Waals surface area contributed by atoms with Gasteiger partial charge in [-0.05, 0) is 37.8 Å². The molecule has 0 N–H and O–H groups in total. The van der Waals surface area contributed by atoms with Gasteiger partial charge in [0.15, 0.2) is 0 Å². The average Bonchev–Trinajstić information content (AvgIpc) is 2.36. The highest BCUT2D eigenvalue weighted by Crippen LogP contribution is 2.26. The fourth-order valence-electron chi connectivity index (χ4n) is 2.02. The van der Waals surface area contributed by atoms with Crippen molar-refractivity contribution in [1.82, 2.24) is 0 Å². The molecule has 1 rings (SSSR count). The van der Waals surface area contributed by atoms with Crippen molar-refractivity contribution < 1.29 is 9.53 Å². The molecule has 0 radical (unpaired) electrons. The highest BCUT2D eigenvalue weighted by molar-refractivity contribution is 5.91. The van der Waals surface area contributed by atoms with Crippen LogP contribution in [0.3, 0.4) is 0 Å². The molecule has 0 bridgehead atoms. The van der Waals surface area contributed by atoms with Gasteiger partial charge in [-0.15, -0.1) is 0 Å². The van der Waals surface area contributed by atoms with E-state index in [-0.39, 0.29) is 11.6 Å². The predicted molar refractivity (Wildman–Crippen MR) is 70.2 cm³/mol. The van der Waals surface area contributed by atoms with E-state index in [1.807, 2.05) is 31.2 Å². The molecule has 0 spiro atoms. The Morgan fingerprint density at radius 1 is 1.12 bits per heavy atom. The van der Waals surface area contributed by atoms with Crippen LogP contribution in [0.2, 0.25) is 0 Å². The minimum atomic E-state index is -0.306. The molecule has 2 heteroatoms. The Labute approximate surface area is 104 Å². The van der Waals surface area contributed by atoms with Crippen molar-refractivity contribution in [3.8, 4) is 0 Å². The number of rotatable bonds is 5. The van der Waals surface area contributed by atoms with Gasteiger partial charge in [-0.3, -0.25) is 0 Å². The highest BCUT2D eigenvalue weighted by Gasteiger charge is 2.29. The van der Waals surface area contributed by atoms with Gasteiger partial charge in [-0.25, -0.2) is 4.79 Å². The van der Waals surface area contributed by atoms with Crippen LogP contribution in [0.4, 0.5) is 0 Å². The first-order valence-corrected chi connectivity index (χ1v) is 6.37. The fraction of sp³-hybridized carbons (Fsp3) is 0.533. The summed E-state index contributed by atoms with van der Waals surface area (Å²) < 4.78 is 5.71. The third-order valence-corrected chi connectivity index (χ3v) is 3.61. The van der Waals surface area contributed by atoms with Crippen LogP contribution in [0.5, 0.6) is 0 Å². The maximum Gasteiger partial charge on any atom is 0.338 e. The Balaban J connectivity index is 2.89. The summed E-state index contributed by atoms with van der Waals surface area (Å²) in [6.45, 7) is 8.14. The van der Waals surface area contributed by atoms with Gasteiger partial charge in [0.05, 0.1) is 5.56 Å². The second-order valence-corrected chi connectivity index (χ2v) is 4.45. The summed E-state index contributed by atoms with van der Waals surface area (Å²) in [7, 11) is 0. The third kappa shape index (κ3) is 3.09. The number of ether oxygens (including phenoxy) is 1. The molecule has 0 unspecified atom stereocenters. The van der Waals surface area contributed by atoms with Crippen LogP contribution in [0.15, 0.2) is 24.3 Å². The van der Waals surface area contributed by atoms with Crippen LogP contribution < -0.4 is 0 Å². The standard InChI is InChI=1S/C15H22O2/c1-5-15(6-2,7-3)17-14(16)13-11-9-8-10-12(13)4/h8-11H,5-7H2,1-4H3. The maximum atomic E-state index is 12.1. The van der Waals surface area contributed by atoms with Gasteiger partial charge in [0.2, 0.25) is 0 Å². The molecule has 1 aromatic rings.